The monoisotopic (exact) mass is 255 g/mol. The smallest absolute Gasteiger partial charge is 0.221 e. The molecule has 1 amide bonds. The lowest BCUT2D eigenvalue weighted by atomic mass is 9.90. The SMILES string of the molecule is CNC1CCC(N(C)CCC(=O)NC(C)C)CC1. The zero-order chi connectivity index (χ0) is 13.5. The summed E-state index contributed by atoms with van der Waals surface area (Å²) in [5, 5.41) is 6.29. The summed E-state index contributed by atoms with van der Waals surface area (Å²) in [5.74, 6) is 0.167. The topological polar surface area (TPSA) is 44.4 Å². The average molecular weight is 255 g/mol. The first-order valence-corrected chi connectivity index (χ1v) is 7.19. The van der Waals surface area contributed by atoms with E-state index in [-0.39, 0.29) is 11.9 Å². The number of hydrogen-bond donors (Lipinski definition) is 2. The Bertz CT molecular complexity index is 247. The maximum absolute atomic E-state index is 11.6. The molecule has 0 heterocycles. The lowest BCUT2D eigenvalue weighted by Crippen LogP contribution is -2.41. The molecular formula is C14H29N3O. The summed E-state index contributed by atoms with van der Waals surface area (Å²) in [6, 6.07) is 1.59. The fourth-order valence-electron chi connectivity index (χ4n) is 2.66. The van der Waals surface area contributed by atoms with Crippen molar-refractivity contribution in [3.63, 3.8) is 0 Å². The quantitative estimate of drug-likeness (QED) is 0.753. The number of carbonyl (C=O) groups is 1. The Morgan fingerprint density at radius 2 is 1.89 bits per heavy atom. The van der Waals surface area contributed by atoms with E-state index < -0.39 is 0 Å². The van der Waals surface area contributed by atoms with Crippen LogP contribution in [0.1, 0.15) is 46.0 Å². The molecule has 0 aromatic carbocycles. The van der Waals surface area contributed by atoms with Crippen LogP contribution in [-0.2, 0) is 4.79 Å². The van der Waals surface area contributed by atoms with Gasteiger partial charge in [0.2, 0.25) is 5.91 Å². The molecule has 0 aromatic rings. The first kappa shape index (κ1) is 15.4. The summed E-state index contributed by atoms with van der Waals surface area (Å²) in [4.78, 5) is 13.9. The molecule has 0 spiro atoms. The van der Waals surface area contributed by atoms with Crippen molar-refractivity contribution in [1.29, 1.82) is 0 Å². The van der Waals surface area contributed by atoms with E-state index in [1.807, 2.05) is 20.9 Å². The van der Waals surface area contributed by atoms with E-state index in [9.17, 15) is 4.79 Å². The molecule has 1 aliphatic carbocycles. The second-order valence-electron chi connectivity index (χ2n) is 5.75. The number of nitrogens with zero attached hydrogens (tertiary/aromatic N) is 1. The van der Waals surface area contributed by atoms with E-state index in [4.69, 9.17) is 0 Å². The molecule has 4 heteroatoms. The van der Waals surface area contributed by atoms with E-state index in [0.29, 0.717) is 18.5 Å². The summed E-state index contributed by atoms with van der Waals surface area (Å²) < 4.78 is 0. The van der Waals surface area contributed by atoms with Crippen LogP contribution in [-0.4, -0.2) is 49.6 Å². The summed E-state index contributed by atoms with van der Waals surface area (Å²) >= 11 is 0. The predicted molar refractivity (Wildman–Crippen MR) is 75.6 cm³/mol. The number of nitrogens with one attached hydrogen (secondary N) is 2. The fraction of sp³-hybridized carbons (Fsp3) is 0.929. The van der Waals surface area contributed by atoms with Gasteiger partial charge >= 0.3 is 0 Å². The highest BCUT2D eigenvalue weighted by Crippen LogP contribution is 2.22. The van der Waals surface area contributed by atoms with Crippen molar-refractivity contribution in [2.75, 3.05) is 20.6 Å². The number of rotatable bonds is 6. The molecule has 18 heavy (non-hydrogen) atoms. The van der Waals surface area contributed by atoms with Crippen molar-refractivity contribution >= 4 is 5.91 Å². The largest absolute Gasteiger partial charge is 0.354 e. The molecule has 0 atom stereocenters. The van der Waals surface area contributed by atoms with Crippen LogP contribution in [0.4, 0.5) is 0 Å². The van der Waals surface area contributed by atoms with Crippen LogP contribution in [0.5, 0.6) is 0 Å². The van der Waals surface area contributed by atoms with E-state index >= 15 is 0 Å². The highest BCUT2D eigenvalue weighted by Gasteiger charge is 2.23. The van der Waals surface area contributed by atoms with Gasteiger partial charge in [-0.1, -0.05) is 0 Å². The highest BCUT2D eigenvalue weighted by atomic mass is 16.1. The molecule has 0 saturated heterocycles. The van der Waals surface area contributed by atoms with Gasteiger partial charge in [-0.25, -0.2) is 0 Å². The van der Waals surface area contributed by atoms with Crippen molar-refractivity contribution in [3.8, 4) is 0 Å². The Labute approximate surface area is 111 Å². The lowest BCUT2D eigenvalue weighted by molar-refractivity contribution is -0.122. The molecular weight excluding hydrogens is 226 g/mol. The van der Waals surface area contributed by atoms with Gasteiger partial charge in [0.1, 0.15) is 0 Å². The van der Waals surface area contributed by atoms with Crippen LogP contribution in [0, 0.1) is 0 Å². The van der Waals surface area contributed by atoms with Crippen molar-refractivity contribution in [3.05, 3.63) is 0 Å². The third kappa shape index (κ3) is 5.36. The average Bonchev–Trinajstić information content (AvgIpc) is 2.35. The molecule has 1 saturated carbocycles. The molecule has 1 rings (SSSR count). The van der Waals surface area contributed by atoms with Crippen LogP contribution in [0.3, 0.4) is 0 Å². The van der Waals surface area contributed by atoms with Gasteiger partial charge in [0, 0.05) is 31.1 Å². The van der Waals surface area contributed by atoms with Gasteiger partial charge in [0.15, 0.2) is 0 Å². The van der Waals surface area contributed by atoms with Crippen molar-refractivity contribution in [2.45, 2.75) is 64.1 Å². The van der Waals surface area contributed by atoms with Crippen molar-refractivity contribution in [1.82, 2.24) is 15.5 Å². The summed E-state index contributed by atoms with van der Waals surface area (Å²) in [6.45, 7) is 4.87. The van der Waals surface area contributed by atoms with Gasteiger partial charge in [-0.2, -0.15) is 0 Å². The summed E-state index contributed by atoms with van der Waals surface area (Å²) in [7, 11) is 4.19. The minimum absolute atomic E-state index is 0.167. The zero-order valence-corrected chi connectivity index (χ0v) is 12.3. The minimum atomic E-state index is 0.167. The molecule has 106 valence electrons. The van der Waals surface area contributed by atoms with E-state index in [1.54, 1.807) is 0 Å². The number of hydrogen-bond acceptors (Lipinski definition) is 3. The molecule has 1 aliphatic rings. The highest BCUT2D eigenvalue weighted by molar-refractivity contribution is 5.76. The molecule has 0 radical (unpaired) electrons. The first-order valence-electron chi connectivity index (χ1n) is 7.19. The van der Waals surface area contributed by atoms with Gasteiger partial charge in [-0.15, -0.1) is 0 Å². The van der Waals surface area contributed by atoms with Gasteiger partial charge in [-0.3, -0.25) is 4.79 Å². The van der Waals surface area contributed by atoms with Crippen LogP contribution in [0.2, 0.25) is 0 Å². The Kier molecular flexibility index (Phi) is 6.65. The molecule has 2 N–H and O–H groups in total. The van der Waals surface area contributed by atoms with Crippen molar-refractivity contribution in [2.24, 2.45) is 0 Å². The molecule has 0 aromatic heterocycles. The third-order valence-corrected chi connectivity index (χ3v) is 3.87. The Hall–Kier alpha value is -0.610. The molecule has 0 bridgehead atoms. The van der Waals surface area contributed by atoms with E-state index in [1.165, 1.54) is 25.7 Å². The van der Waals surface area contributed by atoms with E-state index in [2.05, 4.69) is 22.6 Å². The van der Waals surface area contributed by atoms with Crippen molar-refractivity contribution < 1.29 is 4.79 Å². The summed E-state index contributed by atoms with van der Waals surface area (Å²) in [6.07, 6.45) is 5.61. The second kappa shape index (κ2) is 7.74. The second-order valence-corrected chi connectivity index (χ2v) is 5.75. The Balaban J connectivity index is 2.21. The molecule has 1 fully saturated rings. The maximum Gasteiger partial charge on any atom is 0.221 e. The molecule has 4 nitrogen and oxygen atoms in total. The standard InChI is InChI=1S/C14H29N3O/c1-11(2)16-14(18)9-10-17(4)13-7-5-12(15-3)6-8-13/h11-13,15H,5-10H2,1-4H3,(H,16,18). The molecule has 0 aliphatic heterocycles. The number of amides is 1. The molecule has 0 unspecified atom stereocenters. The van der Waals surface area contributed by atoms with Crippen LogP contribution in [0.25, 0.3) is 0 Å². The first-order chi connectivity index (χ1) is 8.52. The zero-order valence-electron chi connectivity index (χ0n) is 12.3. The van der Waals surface area contributed by atoms with Crippen LogP contribution >= 0.6 is 0 Å². The third-order valence-electron chi connectivity index (χ3n) is 3.87. The predicted octanol–water partition coefficient (Wildman–Crippen LogP) is 1.36. The van der Waals surface area contributed by atoms with Gasteiger partial charge < -0.3 is 15.5 Å². The van der Waals surface area contributed by atoms with Gasteiger partial charge in [-0.05, 0) is 53.6 Å². The normalized spacial score (nSPS) is 24.6. The Morgan fingerprint density at radius 1 is 1.28 bits per heavy atom. The van der Waals surface area contributed by atoms with Gasteiger partial charge in [0.25, 0.3) is 0 Å². The van der Waals surface area contributed by atoms with Crippen LogP contribution in [0.15, 0.2) is 0 Å². The number of carbonyl (C=O) groups excluding carboxylic acids is 1. The Morgan fingerprint density at radius 3 is 2.39 bits per heavy atom. The fourth-order valence-corrected chi connectivity index (χ4v) is 2.66. The van der Waals surface area contributed by atoms with Gasteiger partial charge in [0.05, 0.1) is 0 Å². The lowest BCUT2D eigenvalue weighted by Gasteiger charge is -2.34. The van der Waals surface area contributed by atoms with Crippen LogP contribution < -0.4 is 10.6 Å². The minimum Gasteiger partial charge on any atom is -0.354 e. The maximum atomic E-state index is 11.6. The summed E-state index contributed by atoms with van der Waals surface area (Å²) in [5.41, 5.74) is 0. The van der Waals surface area contributed by atoms with E-state index in [0.717, 1.165) is 6.54 Å².